The third-order valence-electron chi connectivity index (χ3n) is 8.06. The zero-order chi connectivity index (χ0) is 30.1. The van der Waals surface area contributed by atoms with Crippen molar-refractivity contribution in [3.8, 4) is 0 Å². The van der Waals surface area contributed by atoms with E-state index in [-0.39, 0.29) is 41.7 Å². The Bertz CT molecular complexity index is 1300. The second-order valence-corrected chi connectivity index (χ2v) is 21.2. The zero-order valence-corrected chi connectivity index (χ0v) is 26.2. The van der Waals surface area contributed by atoms with Crippen LogP contribution in [0.5, 0.6) is 0 Å². The Morgan fingerprint density at radius 2 is 1.71 bits per heavy atom. The topological polar surface area (TPSA) is 55.4 Å². The van der Waals surface area contributed by atoms with Gasteiger partial charge in [-0.25, -0.2) is 17.2 Å². The molecule has 228 valence electrons. The fourth-order valence-corrected chi connectivity index (χ4v) is 9.57. The molecule has 0 unspecified atom stereocenters. The molecule has 0 aromatic heterocycles. The molecule has 2 aliphatic carbocycles. The number of rotatable bonds is 12. The van der Waals surface area contributed by atoms with Gasteiger partial charge in [0.2, 0.25) is 0 Å². The summed E-state index contributed by atoms with van der Waals surface area (Å²) in [6.45, 7) is 7.48. The van der Waals surface area contributed by atoms with Crippen molar-refractivity contribution in [2.75, 3.05) is 19.0 Å². The van der Waals surface area contributed by atoms with Crippen LogP contribution in [0, 0.1) is 23.5 Å². The van der Waals surface area contributed by atoms with Gasteiger partial charge in [0, 0.05) is 38.6 Å². The van der Waals surface area contributed by atoms with Crippen molar-refractivity contribution in [2.24, 2.45) is 11.8 Å². The first-order chi connectivity index (χ1) is 19.1. The summed E-state index contributed by atoms with van der Waals surface area (Å²) >= 11 is 1.60. The third-order valence-corrected chi connectivity index (χ3v) is 13.4. The van der Waals surface area contributed by atoms with Gasteiger partial charge in [-0.3, -0.25) is 4.72 Å². The molecular formula is C29H38F5NO3S2Si. The van der Waals surface area contributed by atoms with Gasteiger partial charge in [0.1, 0.15) is 16.4 Å². The van der Waals surface area contributed by atoms with E-state index < -0.39 is 46.0 Å². The molecule has 3 atom stereocenters. The highest BCUT2D eigenvalue weighted by Crippen LogP contribution is 2.52. The Morgan fingerprint density at radius 3 is 2.32 bits per heavy atom. The van der Waals surface area contributed by atoms with Crippen molar-refractivity contribution in [2.45, 2.75) is 79.6 Å². The summed E-state index contributed by atoms with van der Waals surface area (Å²) in [6.07, 6.45) is -2.01. The first-order valence-electron chi connectivity index (χ1n) is 13.9. The average Bonchev–Trinajstić information content (AvgIpc) is 3.72. The smallest absolute Gasteiger partial charge is 0.381 e. The minimum Gasteiger partial charge on any atom is -0.381 e. The third kappa shape index (κ3) is 7.93. The molecule has 0 aliphatic heterocycles. The molecule has 1 N–H and O–H groups in total. The summed E-state index contributed by atoms with van der Waals surface area (Å²) in [6, 6.07) is 7.43. The zero-order valence-electron chi connectivity index (χ0n) is 23.6. The van der Waals surface area contributed by atoms with Crippen LogP contribution in [-0.2, 0) is 25.5 Å². The van der Waals surface area contributed by atoms with E-state index in [1.807, 2.05) is 0 Å². The lowest BCUT2D eigenvalue weighted by atomic mass is 9.72. The van der Waals surface area contributed by atoms with E-state index in [4.69, 9.17) is 4.74 Å². The van der Waals surface area contributed by atoms with Crippen molar-refractivity contribution < 1.29 is 35.1 Å². The molecular weight excluding hydrogens is 598 g/mol. The number of nitrogens with one attached hydrogen (secondary N) is 1. The molecule has 0 amide bonds. The highest BCUT2D eigenvalue weighted by atomic mass is 32.2. The maximum atomic E-state index is 15.4. The average molecular weight is 636 g/mol. The Morgan fingerprint density at radius 1 is 1.02 bits per heavy atom. The molecule has 0 heterocycles. The van der Waals surface area contributed by atoms with Crippen molar-refractivity contribution in [1.82, 2.24) is 4.72 Å². The van der Waals surface area contributed by atoms with E-state index in [0.717, 1.165) is 49.2 Å². The largest absolute Gasteiger partial charge is 0.416 e. The molecule has 2 saturated carbocycles. The van der Waals surface area contributed by atoms with Gasteiger partial charge in [0.05, 0.1) is 10.5 Å². The molecule has 2 aliphatic rings. The molecule has 2 aromatic carbocycles. The van der Waals surface area contributed by atoms with Crippen molar-refractivity contribution in [1.29, 1.82) is 0 Å². The lowest BCUT2D eigenvalue weighted by Crippen LogP contribution is -2.46. The Kier molecular flexibility index (Phi) is 10.00. The fourth-order valence-electron chi connectivity index (χ4n) is 5.38. The number of hydrogen-bond acceptors (Lipinski definition) is 5. The van der Waals surface area contributed by atoms with Crippen LogP contribution in [-0.4, -0.2) is 41.5 Å². The summed E-state index contributed by atoms with van der Waals surface area (Å²) in [5, 5.41) is 0. The quantitative estimate of drug-likeness (QED) is 0.112. The number of ether oxygens (including phenoxy) is 1. The van der Waals surface area contributed by atoms with E-state index in [1.54, 1.807) is 11.9 Å². The second-order valence-electron chi connectivity index (χ2n) is 12.5. The predicted octanol–water partition coefficient (Wildman–Crippen LogP) is 7.82. The summed E-state index contributed by atoms with van der Waals surface area (Å²) < 4.78 is 106. The van der Waals surface area contributed by atoms with Gasteiger partial charge in [0.15, 0.2) is 9.84 Å². The maximum Gasteiger partial charge on any atom is 0.416 e. The Hall–Kier alpha value is -1.47. The number of benzene rings is 2. The number of hydrogen-bond donors (Lipinski definition) is 1. The molecule has 0 saturated heterocycles. The molecule has 0 bridgehead atoms. The molecule has 41 heavy (non-hydrogen) atoms. The SMILES string of the molecule is C[Si](C)(C)CCOC[C@H]1C[C@@](c2cc(F)ccc2F)(S(=O)(=O)c2ccc(C(F)(F)F)cc2)CC[C@H]1CSNC1CC1. The Labute approximate surface area is 244 Å². The van der Waals surface area contributed by atoms with Crippen LogP contribution < -0.4 is 4.72 Å². The summed E-state index contributed by atoms with van der Waals surface area (Å²) in [4.78, 5) is -0.351. The molecule has 0 radical (unpaired) electrons. The van der Waals surface area contributed by atoms with Crippen LogP contribution in [0.15, 0.2) is 47.4 Å². The van der Waals surface area contributed by atoms with Crippen molar-refractivity contribution in [3.05, 3.63) is 65.2 Å². The first kappa shape index (κ1) is 32.4. The lowest BCUT2D eigenvalue weighted by molar-refractivity contribution is -0.137. The fraction of sp³-hybridized carbons (Fsp3) is 0.586. The van der Waals surface area contributed by atoms with Crippen LogP contribution in [0.3, 0.4) is 0 Å². The Balaban J connectivity index is 1.71. The highest BCUT2D eigenvalue weighted by molar-refractivity contribution is 7.97. The van der Waals surface area contributed by atoms with E-state index in [2.05, 4.69) is 24.4 Å². The summed E-state index contributed by atoms with van der Waals surface area (Å²) in [5.74, 6) is -1.15. The van der Waals surface area contributed by atoms with Gasteiger partial charge < -0.3 is 4.74 Å². The molecule has 4 nitrogen and oxygen atoms in total. The molecule has 2 aromatic rings. The van der Waals surface area contributed by atoms with E-state index in [0.29, 0.717) is 37.0 Å². The van der Waals surface area contributed by atoms with E-state index >= 15 is 4.39 Å². The van der Waals surface area contributed by atoms with Crippen LogP contribution in [0.4, 0.5) is 22.0 Å². The van der Waals surface area contributed by atoms with Crippen LogP contribution in [0.25, 0.3) is 0 Å². The molecule has 2 fully saturated rings. The van der Waals surface area contributed by atoms with Crippen molar-refractivity contribution in [3.63, 3.8) is 0 Å². The number of sulfone groups is 1. The van der Waals surface area contributed by atoms with Gasteiger partial charge in [-0.2, -0.15) is 13.2 Å². The number of halogens is 5. The monoisotopic (exact) mass is 635 g/mol. The maximum absolute atomic E-state index is 15.4. The highest BCUT2D eigenvalue weighted by Gasteiger charge is 2.53. The normalized spacial score (nSPS) is 24.0. The van der Waals surface area contributed by atoms with Crippen LogP contribution in [0.2, 0.25) is 25.7 Å². The van der Waals surface area contributed by atoms with Gasteiger partial charge in [0.25, 0.3) is 0 Å². The van der Waals surface area contributed by atoms with Gasteiger partial charge in [-0.15, -0.1) is 0 Å². The predicted molar refractivity (Wildman–Crippen MR) is 155 cm³/mol. The van der Waals surface area contributed by atoms with Gasteiger partial charge >= 0.3 is 6.18 Å². The van der Waals surface area contributed by atoms with Crippen molar-refractivity contribution >= 4 is 29.9 Å². The summed E-state index contributed by atoms with van der Waals surface area (Å²) in [7, 11) is -5.84. The lowest BCUT2D eigenvalue weighted by Gasteiger charge is -2.44. The number of alkyl halides is 3. The summed E-state index contributed by atoms with van der Waals surface area (Å²) in [5.41, 5.74) is -1.27. The van der Waals surface area contributed by atoms with Gasteiger partial charge in [-0.05, 0) is 92.4 Å². The standard InChI is InChI=1S/C29H38F5NO3S2Si/c1-41(2,3)15-14-38-18-21-17-28(26-16-23(30)6-11-27(26)31,13-12-20(21)19-39-35-24-7-8-24)40(36,37)25-9-4-22(5-10-25)29(32,33)34/h4-6,9-11,16,20-21,24,35H,7-8,12-15,17-19H2,1-3H3/t20-,21+,28-/m0/s1. The van der Waals surface area contributed by atoms with Crippen LogP contribution in [0.1, 0.15) is 43.2 Å². The van der Waals surface area contributed by atoms with Gasteiger partial charge in [-0.1, -0.05) is 31.6 Å². The second kappa shape index (κ2) is 12.6. The molecule has 12 heteroatoms. The minimum atomic E-state index is -4.64. The van der Waals surface area contributed by atoms with Crippen LogP contribution >= 0.6 is 11.9 Å². The van der Waals surface area contributed by atoms with E-state index in [1.165, 1.54) is 0 Å². The van der Waals surface area contributed by atoms with E-state index in [9.17, 15) is 26.0 Å². The molecule has 4 rings (SSSR count). The minimum absolute atomic E-state index is 0.0107. The first-order valence-corrected chi connectivity index (χ1v) is 20.1. The molecule has 0 spiro atoms.